The number of carbonyl (C=O) groups excluding carboxylic acids is 1. The van der Waals surface area contributed by atoms with E-state index in [-0.39, 0.29) is 11.9 Å². The number of amides is 1. The summed E-state index contributed by atoms with van der Waals surface area (Å²) in [7, 11) is 0. The highest BCUT2D eigenvalue weighted by atomic mass is 32.1. The van der Waals surface area contributed by atoms with Gasteiger partial charge in [-0.05, 0) is 59.8 Å². The third kappa shape index (κ3) is 2.69. The fourth-order valence-electron chi connectivity index (χ4n) is 5.14. The largest absolute Gasteiger partial charge is 0.321 e. The molecule has 2 aromatic rings. The molecule has 3 saturated carbocycles. The van der Waals surface area contributed by atoms with Crippen LogP contribution in [0.3, 0.4) is 0 Å². The zero-order valence-electron chi connectivity index (χ0n) is 15.8. The third-order valence-corrected chi connectivity index (χ3v) is 7.80. The predicted octanol–water partition coefficient (Wildman–Crippen LogP) is 3.78. The summed E-state index contributed by atoms with van der Waals surface area (Å²) >= 11 is 1.60. The molecule has 1 amide bonds. The van der Waals surface area contributed by atoms with Crippen LogP contribution in [-0.4, -0.2) is 22.9 Å². The van der Waals surface area contributed by atoms with Gasteiger partial charge < -0.3 is 5.32 Å². The number of carbonyl (C=O) groups is 1. The van der Waals surface area contributed by atoms with Crippen LogP contribution in [0.2, 0.25) is 0 Å². The molecule has 27 heavy (non-hydrogen) atoms. The number of fused-ring (bicyclic) bond motifs is 3. The van der Waals surface area contributed by atoms with Gasteiger partial charge in [-0.15, -0.1) is 11.3 Å². The molecule has 5 nitrogen and oxygen atoms in total. The van der Waals surface area contributed by atoms with E-state index in [1.807, 2.05) is 23.7 Å². The average Bonchev–Trinajstić information content (AvgIpc) is 3.22. The van der Waals surface area contributed by atoms with Gasteiger partial charge >= 0.3 is 0 Å². The Morgan fingerprint density at radius 2 is 2.15 bits per heavy atom. The van der Waals surface area contributed by atoms with Crippen molar-refractivity contribution in [2.75, 3.05) is 0 Å². The smallest absolute Gasteiger partial charge is 0.274 e. The molecular weight excluding hydrogens is 356 g/mol. The third-order valence-electron chi connectivity index (χ3n) is 7.00. The first kappa shape index (κ1) is 16.9. The van der Waals surface area contributed by atoms with Crippen LogP contribution in [0.4, 0.5) is 0 Å². The molecule has 1 aromatic carbocycles. The Balaban J connectivity index is 1.35. The second-order valence-corrected chi connectivity index (χ2v) is 9.60. The highest BCUT2D eigenvalue weighted by Gasteiger charge is 2.56. The van der Waals surface area contributed by atoms with Crippen LogP contribution in [-0.2, 0) is 4.79 Å². The molecule has 2 heterocycles. The maximum Gasteiger partial charge on any atom is 0.274 e. The van der Waals surface area contributed by atoms with Gasteiger partial charge in [0, 0.05) is 0 Å². The Labute approximate surface area is 163 Å². The molecule has 3 aliphatic carbocycles. The number of benzene rings is 1. The number of aliphatic imine (C=N–C) groups is 1. The molecule has 1 aliphatic heterocycles. The molecule has 4 aliphatic rings. The molecule has 4 atom stereocenters. The number of rotatable bonds is 2. The van der Waals surface area contributed by atoms with Gasteiger partial charge in [-0.1, -0.05) is 26.8 Å². The van der Waals surface area contributed by atoms with Crippen molar-refractivity contribution in [1.82, 2.24) is 15.6 Å². The second-order valence-electron chi connectivity index (χ2n) is 8.72. The Morgan fingerprint density at radius 1 is 1.30 bits per heavy atom. The van der Waals surface area contributed by atoms with Crippen molar-refractivity contribution in [2.45, 2.75) is 39.7 Å². The lowest BCUT2D eigenvalue weighted by Gasteiger charge is -2.61. The highest BCUT2D eigenvalue weighted by Crippen LogP contribution is 2.61. The van der Waals surface area contributed by atoms with Crippen LogP contribution in [0.25, 0.3) is 16.3 Å². The van der Waals surface area contributed by atoms with Crippen LogP contribution in [0, 0.1) is 23.2 Å². The van der Waals surface area contributed by atoms with E-state index >= 15 is 0 Å². The first-order valence-corrected chi connectivity index (χ1v) is 10.5. The summed E-state index contributed by atoms with van der Waals surface area (Å²) in [5.74, 6) is 2.53. The molecule has 4 fully saturated rings. The van der Waals surface area contributed by atoms with Crippen molar-refractivity contribution < 1.29 is 4.79 Å². The Morgan fingerprint density at radius 3 is 2.93 bits per heavy atom. The SMILES string of the molecule is C[C@@H]1[C@@H](N=C2NC(=O)/C(=C/c3ccc4ncsc4c3)N2)C[C@H]2C[C@@H]1C2(C)C. The zero-order valence-corrected chi connectivity index (χ0v) is 16.6. The van der Waals surface area contributed by atoms with Crippen LogP contribution in [0.1, 0.15) is 39.2 Å². The summed E-state index contributed by atoms with van der Waals surface area (Å²) in [6.07, 6.45) is 4.33. The molecule has 2 bridgehead atoms. The molecule has 0 unspecified atom stereocenters. The minimum Gasteiger partial charge on any atom is -0.321 e. The maximum atomic E-state index is 12.4. The molecule has 2 N–H and O–H groups in total. The molecule has 0 spiro atoms. The van der Waals surface area contributed by atoms with Crippen LogP contribution >= 0.6 is 11.3 Å². The number of hydrogen-bond acceptors (Lipinski definition) is 4. The average molecular weight is 381 g/mol. The molecular formula is C21H24N4OS. The van der Waals surface area contributed by atoms with E-state index in [1.165, 1.54) is 6.42 Å². The van der Waals surface area contributed by atoms with Gasteiger partial charge in [-0.25, -0.2) is 9.98 Å². The van der Waals surface area contributed by atoms with Gasteiger partial charge in [0.15, 0.2) is 0 Å². The minimum atomic E-state index is -0.118. The number of nitrogens with one attached hydrogen (secondary N) is 2. The summed E-state index contributed by atoms with van der Waals surface area (Å²) in [4.78, 5) is 21.5. The van der Waals surface area contributed by atoms with Gasteiger partial charge in [0.1, 0.15) is 5.70 Å². The Kier molecular flexibility index (Phi) is 3.69. The van der Waals surface area contributed by atoms with Crippen molar-refractivity contribution in [3.05, 3.63) is 35.0 Å². The first-order valence-electron chi connectivity index (χ1n) is 9.63. The summed E-state index contributed by atoms with van der Waals surface area (Å²) in [5, 5.41) is 6.08. The standard InChI is InChI=1S/C21H24N4OS/c1-11-14-8-13(21(14,2)3)9-16(11)23-20-24-17(19(26)25-20)6-12-4-5-15-18(7-12)27-10-22-15/h4-7,10-11,13-14,16H,8-9H2,1-3H3,(H2,23,24,25,26)/b17-6-/t11-,13+,14-,16-/m0/s1. The summed E-state index contributed by atoms with van der Waals surface area (Å²) in [6, 6.07) is 6.32. The van der Waals surface area contributed by atoms with Crippen molar-refractivity contribution in [3.63, 3.8) is 0 Å². The van der Waals surface area contributed by atoms with Crippen molar-refractivity contribution in [1.29, 1.82) is 0 Å². The van der Waals surface area contributed by atoms with E-state index in [0.29, 0.717) is 23.0 Å². The molecule has 1 saturated heterocycles. The molecule has 1 aromatic heterocycles. The Hall–Kier alpha value is -2.21. The minimum absolute atomic E-state index is 0.118. The lowest BCUT2D eigenvalue weighted by molar-refractivity contribution is -0.115. The first-order chi connectivity index (χ1) is 12.9. The Bertz CT molecular complexity index is 989. The maximum absolute atomic E-state index is 12.4. The number of thiazole rings is 1. The molecule has 140 valence electrons. The summed E-state index contributed by atoms with van der Waals surface area (Å²) < 4.78 is 1.12. The van der Waals surface area contributed by atoms with Crippen molar-refractivity contribution in [3.8, 4) is 0 Å². The van der Waals surface area contributed by atoms with E-state index in [1.54, 1.807) is 11.3 Å². The number of aromatic nitrogens is 1. The summed E-state index contributed by atoms with van der Waals surface area (Å²) in [5.41, 5.74) is 4.81. The van der Waals surface area contributed by atoms with E-state index in [9.17, 15) is 4.79 Å². The second kappa shape index (κ2) is 5.89. The van der Waals surface area contributed by atoms with Crippen LogP contribution in [0.5, 0.6) is 0 Å². The molecule has 6 rings (SSSR count). The quantitative estimate of drug-likeness (QED) is 0.779. The van der Waals surface area contributed by atoms with E-state index in [4.69, 9.17) is 4.99 Å². The monoisotopic (exact) mass is 380 g/mol. The predicted molar refractivity (Wildman–Crippen MR) is 109 cm³/mol. The van der Waals surface area contributed by atoms with Gasteiger partial charge in [0.05, 0.1) is 21.8 Å². The number of nitrogens with zero attached hydrogens (tertiary/aromatic N) is 2. The fourth-order valence-corrected chi connectivity index (χ4v) is 5.87. The van der Waals surface area contributed by atoms with E-state index in [2.05, 4.69) is 42.5 Å². The number of guanidine groups is 1. The van der Waals surface area contributed by atoms with Crippen molar-refractivity contribution >= 4 is 39.5 Å². The molecule has 6 heteroatoms. The topological polar surface area (TPSA) is 66.4 Å². The number of hydrogen-bond donors (Lipinski definition) is 2. The zero-order chi connectivity index (χ0) is 18.8. The van der Waals surface area contributed by atoms with E-state index in [0.717, 1.165) is 34.0 Å². The lowest BCUT2D eigenvalue weighted by atomic mass is 9.45. The van der Waals surface area contributed by atoms with Gasteiger partial charge in [-0.3, -0.25) is 10.1 Å². The highest BCUT2D eigenvalue weighted by molar-refractivity contribution is 7.16. The lowest BCUT2D eigenvalue weighted by Crippen LogP contribution is -2.56. The van der Waals surface area contributed by atoms with E-state index < -0.39 is 0 Å². The van der Waals surface area contributed by atoms with Crippen LogP contribution in [0.15, 0.2) is 34.4 Å². The van der Waals surface area contributed by atoms with Gasteiger partial charge in [-0.2, -0.15) is 0 Å². The van der Waals surface area contributed by atoms with Crippen molar-refractivity contribution in [2.24, 2.45) is 28.2 Å². The fraction of sp³-hybridized carbons (Fsp3) is 0.476. The van der Waals surface area contributed by atoms with Gasteiger partial charge in [0.25, 0.3) is 5.91 Å². The van der Waals surface area contributed by atoms with Gasteiger partial charge in [0.2, 0.25) is 5.96 Å². The molecule has 0 radical (unpaired) electrons. The normalized spacial score (nSPS) is 34.6. The summed E-state index contributed by atoms with van der Waals surface area (Å²) in [6.45, 7) is 7.10. The van der Waals surface area contributed by atoms with Crippen LogP contribution < -0.4 is 10.6 Å².